The highest BCUT2D eigenvalue weighted by Gasteiger charge is 2.57. The van der Waals surface area contributed by atoms with Gasteiger partial charge in [-0.2, -0.15) is 0 Å². The molecule has 0 unspecified atom stereocenters. The zero-order chi connectivity index (χ0) is 24.9. The number of carboxylic acid groups (broad SMARTS) is 1. The van der Waals surface area contributed by atoms with Crippen LogP contribution in [-0.4, -0.2) is 51.2 Å². The van der Waals surface area contributed by atoms with Crippen molar-refractivity contribution in [1.82, 2.24) is 9.88 Å². The molecule has 2 saturated heterocycles. The van der Waals surface area contributed by atoms with Crippen LogP contribution in [0.25, 0.3) is 10.9 Å². The number of aromatic nitrogens is 1. The van der Waals surface area contributed by atoms with Gasteiger partial charge in [-0.25, -0.2) is 0 Å². The second kappa shape index (κ2) is 8.66. The third-order valence-corrected chi connectivity index (χ3v) is 8.60. The van der Waals surface area contributed by atoms with Gasteiger partial charge in [-0.15, -0.1) is 0 Å². The number of rotatable bonds is 5. The summed E-state index contributed by atoms with van der Waals surface area (Å²) in [7, 11) is 0. The van der Waals surface area contributed by atoms with Crippen LogP contribution >= 0.6 is 0 Å². The Kier molecular flexibility index (Phi) is 5.56. The maximum absolute atomic E-state index is 13.7. The number of H-pyrrole nitrogens is 1. The zero-order valence-corrected chi connectivity index (χ0v) is 20.5. The minimum atomic E-state index is -0.835. The van der Waals surface area contributed by atoms with Crippen molar-refractivity contribution in [2.75, 3.05) is 13.2 Å². The molecule has 3 aliphatic heterocycles. The van der Waals surface area contributed by atoms with Crippen LogP contribution in [0, 0.1) is 5.92 Å². The van der Waals surface area contributed by atoms with Crippen molar-refractivity contribution in [2.45, 2.75) is 62.7 Å². The van der Waals surface area contributed by atoms with Gasteiger partial charge in [0.1, 0.15) is 11.4 Å². The van der Waals surface area contributed by atoms with Gasteiger partial charge in [0, 0.05) is 41.5 Å². The molecule has 4 heterocycles. The van der Waals surface area contributed by atoms with Crippen LogP contribution in [0.15, 0.2) is 54.7 Å². The number of ether oxygens (including phenoxy) is 2. The lowest BCUT2D eigenvalue weighted by atomic mass is 9.68. The lowest BCUT2D eigenvalue weighted by Gasteiger charge is -2.54. The summed E-state index contributed by atoms with van der Waals surface area (Å²) < 4.78 is 13.1. The van der Waals surface area contributed by atoms with Crippen LogP contribution in [-0.2, 0) is 20.7 Å². The maximum atomic E-state index is 13.7. The predicted octanol–water partition coefficient (Wildman–Crippen LogP) is 4.87. The predicted molar refractivity (Wildman–Crippen MR) is 135 cm³/mol. The molecule has 6 rings (SSSR count). The minimum Gasteiger partial charge on any atom is -0.487 e. The number of nitrogens with one attached hydrogen (secondary N) is 1. The fourth-order valence-electron chi connectivity index (χ4n) is 6.73. The van der Waals surface area contributed by atoms with Gasteiger partial charge in [-0.3, -0.25) is 9.59 Å². The van der Waals surface area contributed by atoms with E-state index in [0.717, 1.165) is 47.0 Å². The SMILES string of the molecule is C[C@@]1(CCC(=O)O)Oc2ccccc2[C@@H]2OC[C@]3(CCCN3C(=O)Cc3c[nH]c4ccccc34)C[C@H]21. The molecule has 4 atom stereocenters. The first-order chi connectivity index (χ1) is 17.4. The molecule has 1 aromatic heterocycles. The molecule has 7 nitrogen and oxygen atoms in total. The van der Waals surface area contributed by atoms with Gasteiger partial charge in [-0.05, 0) is 50.3 Å². The number of likely N-dealkylation sites (tertiary alicyclic amines) is 1. The number of hydrogen-bond acceptors (Lipinski definition) is 4. The van der Waals surface area contributed by atoms with E-state index in [0.29, 0.717) is 26.0 Å². The third kappa shape index (κ3) is 3.77. The second-order valence-corrected chi connectivity index (χ2v) is 10.8. The number of carbonyl (C=O) groups excluding carboxylic acids is 1. The van der Waals surface area contributed by atoms with E-state index in [-0.39, 0.29) is 24.3 Å². The van der Waals surface area contributed by atoms with Crippen molar-refractivity contribution in [2.24, 2.45) is 5.92 Å². The summed E-state index contributed by atoms with van der Waals surface area (Å²) in [5, 5.41) is 10.5. The van der Waals surface area contributed by atoms with Crippen LogP contribution in [0.5, 0.6) is 5.75 Å². The fourth-order valence-corrected chi connectivity index (χ4v) is 6.73. The monoisotopic (exact) mass is 488 g/mol. The van der Waals surface area contributed by atoms with E-state index >= 15 is 0 Å². The molecule has 7 heteroatoms. The largest absolute Gasteiger partial charge is 0.487 e. The average Bonchev–Trinajstić information content (AvgIpc) is 3.47. The number of carbonyl (C=O) groups is 2. The topological polar surface area (TPSA) is 91.9 Å². The highest BCUT2D eigenvalue weighted by atomic mass is 16.5. The Morgan fingerprint density at radius 2 is 1.97 bits per heavy atom. The molecule has 3 aromatic rings. The lowest BCUT2D eigenvalue weighted by molar-refractivity contribution is -0.179. The number of nitrogens with zero attached hydrogens (tertiary/aromatic N) is 1. The third-order valence-electron chi connectivity index (χ3n) is 8.60. The van der Waals surface area contributed by atoms with E-state index in [9.17, 15) is 14.7 Å². The molecule has 2 fully saturated rings. The fraction of sp³-hybridized carbons (Fsp3) is 0.448. The molecule has 188 valence electrons. The molecule has 1 spiro atoms. The highest BCUT2D eigenvalue weighted by Crippen LogP contribution is 2.55. The van der Waals surface area contributed by atoms with Crippen LogP contribution in [0.1, 0.15) is 56.3 Å². The number of aromatic amines is 1. The maximum Gasteiger partial charge on any atom is 0.303 e. The summed E-state index contributed by atoms with van der Waals surface area (Å²) in [5.41, 5.74) is 1.96. The Balaban J connectivity index is 1.29. The van der Waals surface area contributed by atoms with Crippen LogP contribution < -0.4 is 4.74 Å². The van der Waals surface area contributed by atoms with Crippen molar-refractivity contribution in [1.29, 1.82) is 0 Å². The number of amides is 1. The second-order valence-electron chi connectivity index (χ2n) is 10.8. The van der Waals surface area contributed by atoms with E-state index in [1.807, 2.05) is 66.6 Å². The molecule has 2 N–H and O–H groups in total. The van der Waals surface area contributed by atoms with E-state index in [4.69, 9.17) is 9.47 Å². The first-order valence-electron chi connectivity index (χ1n) is 12.9. The Hall–Kier alpha value is -3.32. The van der Waals surface area contributed by atoms with E-state index < -0.39 is 17.1 Å². The first-order valence-corrected chi connectivity index (χ1v) is 12.9. The van der Waals surface area contributed by atoms with Gasteiger partial charge in [0.15, 0.2) is 0 Å². The summed E-state index contributed by atoms with van der Waals surface area (Å²) >= 11 is 0. The summed E-state index contributed by atoms with van der Waals surface area (Å²) in [6, 6.07) is 15.9. The Bertz CT molecular complexity index is 1320. The van der Waals surface area contributed by atoms with Crippen LogP contribution in [0.2, 0.25) is 0 Å². The van der Waals surface area contributed by atoms with Gasteiger partial charge >= 0.3 is 5.97 Å². The van der Waals surface area contributed by atoms with Crippen molar-refractivity contribution in [3.05, 3.63) is 65.9 Å². The van der Waals surface area contributed by atoms with Crippen LogP contribution in [0.3, 0.4) is 0 Å². The summed E-state index contributed by atoms with van der Waals surface area (Å²) in [6.07, 6.45) is 5.07. The van der Waals surface area contributed by atoms with E-state index in [1.54, 1.807) is 0 Å². The smallest absolute Gasteiger partial charge is 0.303 e. The normalized spacial score (nSPS) is 29.1. The van der Waals surface area contributed by atoms with Gasteiger partial charge in [0.2, 0.25) is 5.91 Å². The molecule has 2 aromatic carbocycles. The first kappa shape index (κ1) is 23.1. The van der Waals surface area contributed by atoms with Gasteiger partial charge in [0.25, 0.3) is 0 Å². The molecular formula is C29H32N2O5. The molecule has 0 radical (unpaired) electrons. The Morgan fingerprint density at radius 3 is 2.83 bits per heavy atom. The quantitative estimate of drug-likeness (QED) is 0.535. The average molecular weight is 489 g/mol. The van der Waals surface area contributed by atoms with Gasteiger partial charge in [-0.1, -0.05) is 36.4 Å². The van der Waals surface area contributed by atoms with Crippen molar-refractivity contribution in [3.8, 4) is 5.75 Å². The van der Waals surface area contributed by atoms with Gasteiger partial charge in [0.05, 0.1) is 24.7 Å². The number of carboxylic acids is 1. The van der Waals surface area contributed by atoms with Crippen molar-refractivity contribution < 1.29 is 24.2 Å². The Morgan fingerprint density at radius 1 is 1.17 bits per heavy atom. The minimum absolute atomic E-state index is 0.0259. The lowest BCUT2D eigenvalue weighted by Crippen LogP contribution is -2.60. The molecule has 0 bridgehead atoms. The molecule has 0 aliphatic carbocycles. The van der Waals surface area contributed by atoms with E-state index in [2.05, 4.69) is 4.98 Å². The summed E-state index contributed by atoms with van der Waals surface area (Å²) in [4.78, 5) is 30.5. The standard InChI is InChI=1S/C29H32N2O5/c1-28(13-11-26(33)34)22-16-29(18-35-27(22)21-8-3-5-10-24(21)36-28)12-6-14-31(29)25(32)15-19-17-30-23-9-4-2-7-20(19)23/h2-5,7-10,17,22,27,30H,6,11-16,18H2,1H3,(H,33,34)/t22-,27+,28+,29+/m1/s1. The molecule has 0 saturated carbocycles. The number of fused-ring (bicyclic) bond motifs is 4. The van der Waals surface area contributed by atoms with Gasteiger partial charge < -0.3 is 24.5 Å². The molecule has 1 amide bonds. The van der Waals surface area contributed by atoms with E-state index in [1.165, 1.54) is 0 Å². The van der Waals surface area contributed by atoms with Crippen molar-refractivity contribution >= 4 is 22.8 Å². The molecule has 36 heavy (non-hydrogen) atoms. The molecule has 3 aliphatic rings. The zero-order valence-electron chi connectivity index (χ0n) is 20.5. The van der Waals surface area contributed by atoms with Crippen molar-refractivity contribution in [3.63, 3.8) is 0 Å². The molecular weight excluding hydrogens is 456 g/mol. The number of para-hydroxylation sites is 2. The summed E-state index contributed by atoms with van der Waals surface area (Å²) in [6.45, 7) is 3.21. The number of benzene rings is 2. The Labute approximate surface area is 210 Å². The highest BCUT2D eigenvalue weighted by molar-refractivity contribution is 5.89. The summed E-state index contributed by atoms with van der Waals surface area (Å²) in [5.74, 6) is -0.00925. The number of aliphatic carboxylic acids is 1. The van der Waals surface area contributed by atoms with Crippen LogP contribution in [0.4, 0.5) is 0 Å². The number of hydrogen-bond donors (Lipinski definition) is 2.